The summed E-state index contributed by atoms with van der Waals surface area (Å²) in [6.45, 7) is 3.95. The molecule has 1 aromatic carbocycles. The van der Waals surface area contributed by atoms with Crippen LogP contribution in [0, 0.1) is 5.95 Å². The second-order valence-electron chi connectivity index (χ2n) is 5.05. The lowest BCUT2D eigenvalue weighted by Gasteiger charge is -2.09. The van der Waals surface area contributed by atoms with Gasteiger partial charge < -0.3 is 4.74 Å². The number of hydrogen-bond donors (Lipinski definition) is 0. The number of hydrogen-bond acceptors (Lipinski definition) is 4. The summed E-state index contributed by atoms with van der Waals surface area (Å²) < 4.78 is 20.6. The zero-order valence-electron chi connectivity index (χ0n) is 12.3. The Morgan fingerprint density at radius 1 is 1.14 bits per heavy atom. The molecule has 22 heavy (non-hydrogen) atoms. The summed E-state index contributed by atoms with van der Waals surface area (Å²) >= 11 is 0. The first-order valence-corrected chi connectivity index (χ1v) is 6.94. The van der Waals surface area contributed by atoms with E-state index in [4.69, 9.17) is 4.74 Å². The third kappa shape index (κ3) is 2.95. The van der Waals surface area contributed by atoms with E-state index in [-0.39, 0.29) is 11.8 Å². The van der Waals surface area contributed by atoms with E-state index in [0.717, 1.165) is 11.3 Å². The highest BCUT2D eigenvalue weighted by Crippen LogP contribution is 2.22. The molecule has 6 heteroatoms. The fraction of sp³-hybridized carbons (Fsp3) is 0.188. The summed E-state index contributed by atoms with van der Waals surface area (Å²) in [7, 11) is 0. The van der Waals surface area contributed by atoms with Crippen molar-refractivity contribution >= 4 is 0 Å². The summed E-state index contributed by atoms with van der Waals surface area (Å²) in [6, 6.07) is 10.8. The van der Waals surface area contributed by atoms with Crippen molar-refractivity contribution in [3.8, 4) is 22.7 Å². The highest BCUT2D eigenvalue weighted by Gasteiger charge is 2.09. The highest BCUT2D eigenvalue weighted by atomic mass is 19.1. The zero-order valence-corrected chi connectivity index (χ0v) is 12.3. The van der Waals surface area contributed by atoms with Crippen LogP contribution in [0.3, 0.4) is 0 Å². The van der Waals surface area contributed by atoms with Crippen LogP contribution in [0.1, 0.15) is 13.8 Å². The number of halogens is 1. The second kappa shape index (κ2) is 5.93. The Hall–Kier alpha value is -2.76. The summed E-state index contributed by atoms with van der Waals surface area (Å²) in [5.74, 6) is 0.212. The van der Waals surface area contributed by atoms with Crippen molar-refractivity contribution in [2.45, 2.75) is 20.0 Å². The van der Waals surface area contributed by atoms with Crippen LogP contribution < -0.4 is 4.74 Å². The molecule has 2 heterocycles. The molecule has 0 aliphatic rings. The fourth-order valence-corrected chi connectivity index (χ4v) is 2.04. The normalized spacial score (nSPS) is 10.9. The standard InChI is InChI=1S/C16H15FN4O/c1-11(2)22-13-7-5-12(6-8-13)14-10-21(20-19-14)15-4-3-9-18-16(15)17/h3-11H,1-2H3. The maximum absolute atomic E-state index is 13.6. The lowest BCUT2D eigenvalue weighted by Crippen LogP contribution is -2.05. The van der Waals surface area contributed by atoms with E-state index in [0.29, 0.717) is 5.69 Å². The van der Waals surface area contributed by atoms with Gasteiger partial charge in [-0.25, -0.2) is 9.67 Å². The molecule has 112 valence electrons. The Morgan fingerprint density at radius 3 is 2.59 bits per heavy atom. The van der Waals surface area contributed by atoms with Crippen LogP contribution in [-0.4, -0.2) is 26.1 Å². The maximum Gasteiger partial charge on any atom is 0.238 e. The molecule has 0 unspecified atom stereocenters. The van der Waals surface area contributed by atoms with Crippen molar-refractivity contribution in [3.63, 3.8) is 0 Å². The minimum Gasteiger partial charge on any atom is -0.491 e. The van der Waals surface area contributed by atoms with Crippen molar-refractivity contribution < 1.29 is 9.13 Å². The van der Waals surface area contributed by atoms with Crippen molar-refractivity contribution in [1.82, 2.24) is 20.0 Å². The predicted molar refractivity (Wildman–Crippen MR) is 80.3 cm³/mol. The van der Waals surface area contributed by atoms with E-state index in [9.17, 15) is 4.39 Å². The van der Waals surface area contributed by atoms with Gasteiger partial charge in [-0.3, -0.25) is 0 Å². The Labute approximate surface area is 127 Å². The molecule has 0 bridgehead atoms. The minimum atomic E-state index is -0.584. The minimum absolute atomic E-state index is 0.125. The first-order chi connectivity index (χ1) is 10.6. The Balaban J connectivity index is 1.86. The molecule has 0 saturated heterocycles. The first kappa shape index (κ1) is 14.2. The topological polar surface area (TPSA) is 52.8 Å². The second-order valence-corrected chi connectivity index (χ2v) is 5.05. The third-order valence-electron chi connectivity index (χ3n) is 3.00. The van der Waals surface area contributed by atoms with Gasteiger partial charge in [-0.15, -0.1) is 5.10 Å². The molecule has 0 saturated carbocycles. The van der Waals surface area contributed by atoms with Gasteiger partial charge in [-0.2, -0.15) is 4.39 Å². The number of ether oxygens (including phenoxy) is 1. The zero-order chi connectivity index (χ0) is 15.5. The Morgan fingerprint density at radius 2 is 1.91 bits per heavy atom. The largest absolute Gasteiger partial charge is 0.491 e. The Bertz CT molecular complexity index is 768. The molecule has 0 atom stereocenters. The SMILES string of the molecule is CC(C)Oc1ccc(-c2cn(-c3cccnc3F)nn2)cc1. The number of rotatable bonds is 4. The van der Waals surface area contributed by atoms with E-state index in [1.165, 1.54) is 10.9 Å². The molecule has 0 radical (unpaired) electrons. The van der Waals surface area contributed by atoms with Gasteiger partial charge in [0.25, 0.3) is 0 Å². The third-order valence-corrected chi connectivity index (χ3v) is 3.00. The summed E-state index contributed by atoms with van der Waals surface area (Å²) in [5, 5.41) is 8.02. The highest BCUT2D eigenvalue weighted by molar-refractivity contribution is 5.59. The Kier molecular flexibility index (Phi) is 3.82. The summed E-state index contributed by atoms with van der Waals surface area (Å²) in [6.07, 6.45) is 3.18. The van der Waals surface area contributed by atoms with Crippen LogP contribution in [0.15, 0.2) is 48.8 Å². The first-order valence-electron chi connectivity index (χ1n) is 6.94. The molecular weight excluding hydrogens is 283 g/mol. The molecule has 0 spiro atoms. The van der Waals surface area contributed by atoms with Crippen molar-refractivity contribution in [2.75, 3.05) is 0 Å². The van der Waals surface area contributed by atoms with E-state index >= 15 is 0 Å². The molecule has 0 aliphatic carbocycles. The molecule has 0 fully saturated rings. The van der Waals surface area contributed by atoms with Crippen LogP contribution in [0.25, 0.3) is 16.9 Å². The molecule has 2 aromatic heterocycles. The lowest BCUT2D eigenvalue weighted by atomic mass is 10.1. The van der Waals surface area contributed by atoms with Crippen LogP contribution in [0.5, 0.6) is 5.75 Å². The van der Waals surface area contributed by atoms with Crippen LogP contribution in [0.2, 0.25) is 0 Å². The van der Waals surface area contributed by atoms with Crippen LogP contribution in [0.4, 0.5) is 4.39 Å². The molecule has 5 nitrogen and oxygen atoms in total. The molecule has 0 N–H and O–H groups in total. The van der Waals surface area contributed by atoms with Gasteiger partial charge in [-0.1, -0.05) is 5.21 Å². The van der Waals surface area contributed by atoms with Crippen molar-refractivity contribution in [3.05, 3.63) is 54.7 Å². The number of benzene rings is 1. The average Bonchev–Trinajstić information content (AvgIpc) is 2.97. The molecule has 0 amide bonds. The molecule has 0 aliphatic heterocycles. The average molecular weight is 298 g/mol. The van der Waals surface area contributed by atoms with E-state index in [2.05, 4.69) is 15.3 Å². The fourth-order valence-electron chi connectivity index (χ4n) is 2.04. The molecular formula is C16H15FN4O. The van der Waals surface area contributed by atoms with Gasteiger partial charge in [0.1, 0.15) is 17.1 Å². The van der Waals surface area contributed by atoms with Gasteiger partial charge in [0.2, 0.25) is 5.95 Å². The van der Waals surface area contributed by atoms with Gasteiger partial charge in [0.15, 0.2) is 0 Å². The maximum atomic E-state index is 13.6. The molecule has 3 aromatic rings. The van der Waals surface area contributed by atoms with E-state index in [1.54, 1.807) is 18.3 Å². The summed E-state index contributed by atoms with van der Waals surface area (Å²) in [5.41, 5.74) is 1.80. The monoisotopic (exact) mass is 298 g/mol. The van der Waals surface area contributed by atoms with Crippen molar-refractivity contribution in [2.24, 2.45) is 0 Å². The predicted octanol–water partition coefficient (Wildman–Crippen LogP) is 3.26. The number of aromatic nitrogens is 4. The summed E-state index contributed by atoms with van der Waals surface area (Å²) in [4.78, 5) is 3.60. The number of nitrogens with zero attached hydrogens (tertiary/aromatic N) is 4. The van der Waals surface area contributed by atoms with Gasteiger partial charge in [0.05, 0.1) is 12.3 Å². The van der Waals surface area contributed by atoms with Gasteiger partial charge in [0, 0.05) is 11.8 Å². The van der Waals surface area contributed by atoms with Crippen LogP contribution in [-0.2, 0) is 0 Å². The quantitative estimate of drug-likeness (QED) is 0.694. The number of pyridine rings is 1. The van der Waals surface area contributed by atoms with E-state index < -0.39 is 5.95 Å². The van der Waals surface area contributed by atoms with Gasteiger partial charge >= 0.3 is 0 Å². The smallest absolute Gasteiger partial charge is 0.238 e. The van der Waals surface area contributed by atoms with Crippen molar-refractivity contribution in [1.29, 1.82) is 0 Å². The lowest BCUT2D eigenvalue weighted by molar-refractivity contribution is 0.242. The van der Waals surface area contributed by atoms with Crippen LogP contribution >= 0.6 is 0 Å². The van der Waals surface area contributed by atoms with Gasteiger partial charge in [-0.05, 0) is 50.2 Å². The molecule has 3 rings (SSSR count). The van der Waals surface area contributed by atoms with E-state index in [1.807, 2.05) is 38.1 Å².